The normalized spacial score (nSPS) is 15.9. The molecule has 1 aliphatic rings. The van der Waals surface area contributed by atoms with E-state index in [9.17, 15) is 14.0 Å². The van der Waals surface area contributed by atoms with Gasteiger partial charge in [-0.3, -0.25) is 9.69 Å². The van der Waals surface area contributed by atoms with Gasteiger partial charge in [0.1, 0.15) is 18.2 Å². The van der Waals surface area contributed by atoms with E-state index in [1.165, 1.54) is 40.9 Å². The molecule has 0 aliphatic carbocycles. The van der Waals surface area contributed by atoms with Crippen LogP contribution in [0.2, 0.25) is 0 Å². The lowest BCUT2D eigenvalue weighted by atomic mass is 10.1. The van der Waals surface area contributed by atoms with Crippen molar-refractivity contribution in [2.75, 3.05) is 7.05 Å². The highest BCUT2D eigenvalue weighted by atomic mass is 79.9. The van der Waals surface area contributed by atoms with E-state index in [0.29, 0.717) is 27.1 Å². The summed E-state index contributed by atoms with van der Waals surface area (Å²) in [6.45, 7) is 0.248. The second-order valence-electron chi connectivity index (χ2n) is 7.32. The number of carbonyl (C=O) groups is 2. The first-order valence-electron chi connectivity index (χ1n) is 10.1. The van der Waals surface area contributed by atoms with Crippen molar-refractivity contribution in [2.45, 2.75) is 6.61 Å². The van der Waals surface area contributed by atoms with E-state index in [1.807, 2.05) is 12.1 Å². The largest absolute Gasteiger partial charge is 0.488 e. The van der Waals surface area contributed by atoms with Crippen LogP contribution in [0, 0.1) is 5.82 Å². The molecule has 1 heterocycles. The average Bonchev–Trinajstić information content (AvgIpc) is 3.07. The molecule has 9 heteroatoms. The standard InChI is InChI=1S/C25H18BrFN2O4S/c1-29-23(30)22(34-25(29)28-20-9-4-16(5-10-20)24(31)32)13-17-12-18(26)6-11-21(17)33-14-15-2-7-19(27)8-3-15/h2-13H,14H2,1H3,(H,31,32)/b22-13-,28-25?. The minimum atomic E-state index is -1.02. The summed E-state index contributed by atoms with van der Waals surface area (Å²) in [4.78, 5) is 30.3. The number of amidine groups is 1. The molecular weight excluding hydrogens is 523 g/mol. The average molecular weight is 541 g/mol. The Morgan fingerprint density at radius 3 is 2.53 bits per heavy atom. The van der Waals surface area contributed by atoms with E-state index in [2.05, 4.69) is 20.9 Å². The summed E-state index contributed by atoms with van der Waals surface area (Å²) in [5.74, 6) is -0.964. The number of amides is 1. The number of benzene rings is 3. The molecule has 0 bridgehead atoms. The maximum Gasteiger partial charge on any atom is 0.335 e. The Balaban J connectivity index is 1.57. The summed E-state index contributed by atoms with van der Waals surface area (Å²) in [5, 5.41) is 9.51. The molecule has 172 valence electrons. The van der Waals surface area contributed by atoms with Crippen molar-refractivity contribution in [1.82, 2.24) is 4.90 Å². The smallest absolute Gasteiger partial charge is 0.335 e. The minimum absolute atomic E-state index is 0.163. The van der Waals surface area contributed by atoms with E-state index >= 15 is 0 Å². The summed E-state index contributed by atoms with van der Waals surface area (Å²) in [5.41, 5.74) is 2.22. The summed E-state index contributed by atoms with van der Waals surface area (Å²) in [6.07, 6.45) is 1.74. The Morgan fingerprint density at radius 2 is 1.85 bits per heavy atom. The Hall–Kier alpha value is -3.43. The van der Waals surface area contributed by atoms with Crippen molar-refractivity contribution < 1.29 is 23.8 Å². The lowest BCUT2D eigenvalue weighted by molar-refractivity contribution is -0.121. The molecule has 1 fully saturated rings. The van der Waals surface area contributed by atoms with Crippen molar-refractivity contribution in [3.8, 4) is 5.75 Å². The highest BCUT2D eigenvalue weighted by Crippen LogP contribution is 2.35. The molecule has 0 saturated carbocycles. The van der Waals surface area contributed by atoms with Crippen LogP contribution in [0.4, 0.5) is 10.1 Å². The van der Waals surface area contributed by atoms with Gasteiger partial charge in [-0.05, 0) is 78.0 Å². The van der Waals surface area contributed by atoms with E-state index in [-0.39, 0.29) is 23.9 Å². The van der Waals surface area contributed by atoms with Crippen LogP contribution in [-0.4, -0.2) is 34.1 Å². The third-order valence-electron chi connectivity index (χ3n) is 4.91. The highest BCUT2D eigenvalue weighted by Gasteiger charge is 2.30. The predicted octanol–water partition coefficient (Wildman–Crippen LogP) is 6.10. The molecule has 0 spiro atoms. The summed E-state index contributed by atoms with van der Waals surface area (Å²) in [6, 6.07) is 17.7. The molecule has 6 nitrogen and oxygen atoms in total. The summed E-state index contributed by atoms with van der Waals surface area (Å²) < 4.78 is 19.9. The van der Waals surface area contributed by atoms with Crippen molar-refractivity contribution >= 4 is 56.5 Å². The van der Waals surface area contributed by atoms with E-state index in [4.69, 9.17) is 9.84 Å². The van der Waals surface area contributed by atoms with Gasteiger partial charge >= 0.3 is 5.97 Å². The van der Waals surface area contributed by atoms with Crippen molar-refractivity contribution in [1.29, 1.82) is 0 Å². The number of aliphatic imine (C=N–C) groups is 1. The number of aromatic carboxylic acids is 1. The third kappa shape index (κ3) is 5.55. The van der Waals surface area contributed by atoms with Gasteiger partial charge in [0.05, 0.1) is 16.2 Å². The second kappa shape index (κ2) is 10.2. The van der Waals surface area contributed by atoms with Crippen molar-refractivity contribution in [3.63, 3.8) is 0 Å². The molecule has 4 rings (SSSR count). The van der Waals surface area contributed by atoms with Crippen LogP contribution in [0.3, 0.4) is 0 Å². The van der Waals surface area contributed by atoms with Gasteiger partial charge in [-0.15, -0.1) is 0 Å². The van der Waals surface area contributed by atoms with Gasteiger partial charge in [-0.2, -0.15) is 0 Å². The first-order valence-corrected chi connectivity index (χ1v) is 11.7. The maximum atomic E-state index is 13.1. The lowest BCUT2D eigenvalue weighted by Crippen LogP contribution is -2.23. The number of carboxylic acid groups (broad SMARTS) is 1. The van der Waals surface area contributed by atoms with Gasteiger partial charge in [0.25, 0.3) is 5.91 Å². The first-order chi connectivity index (χ1) is 16.3. The fourth-order valence-corrected chi connectivity index (χ4v) is 4.44. The van der Waals surface area contributed by atoms with E-state index < -0.39 is 5.97 Å². The number of nitrogens with zero attached hydrogens (tertiary/aromatic N) is 2. The molecule has 1 amide bonds. The van der Waals surface area contributed by atoms with Crippen LogP contribution >= 0.6 is 27.7 Å². The quantitative estimate of drug-likeness (QED) is 0.382. The van der Waals surface area contributed by atoms with Crippen LogP contribution in [-0.2, 0) is 11.4 Å². The third-order valence-corrected chi connectivity index (χ3v) is 6.46. The molecule has 1 aliphatic heterocycles. The van der Waals surface area contributed by atoms with Crippen LogP contribution < -0.4 is 4.74 Å². The van der Waals surface area contributed by atoms with Gasteiger partial charge in [-0.1, -0.05) is 28.1 Å². The zero-order valence-corrected chi connectivity index (χ0v) is 20.3. The Kier molecular flexibility index (Phi) is 7.14. The topological polar surface area (TPSA) is 79.2 Å². The van der Waals surface area contributed by atoms with Crippen LogP contribution in [0.5, 0.6) is 5.75 Å². The van der Waals surface area contributed by atoms with Crippen molar-refractivity contribution in [2.24, 2.45) is 4.99 Å². The van der Waals surface area contributed by atoms with E-state index in [1.54, 1.807) is 43.5 Å². The first kappa shape index (κ1) is 23.7. The SMILES string of the molecule is CN1C(=O)/C(=C/c2cc(Br)ccc2OCc2ccc(F)cc2)SC1=Nc1ccc(C(=O)O)cc1. The van der Waals surface area contributed by atoms with E-state index in [0.717, 1.165) is 10.0 Å². The number of carbonyl (C=O) groups excluding carboxylic acids is 1. The predicted molar refractivity (Wildman–Crippen MR) is 134 cm³/mol. The molecule has 0 radical (unpaired) electrons. The monoisotopic (exact) mass is 540 g/mol. The number of halogens is 2. The van der Waals surface area contributed by atoms with Crippen molar-refractivity contribution in [3.05, 3.63) is 98.6 Å². The molecule has 34 heavy (non-hydrogen) atoms. The minimum Gasteiger partial charge on any atom is -0.488 e. The van der Waals surface area contributed by atoms with Gasteiger partial charge in [0.15, 0.2) is 5.17 Å². The van der Waals surface area contributed by atoms with Crippen LogP contribution in [0.25, 0.3) is 6.08 Å². The Bertz CT molecular complexity index is 1310. The molecule has 0 unspecified atom stereocenters. The van der Waals surface area contributed by atoms with Crippen LogP contribution in [0.1, 0.15) is 21.5 Å². The number of ether oxygens (including phenoxy) is 1. The Labute approximate surface area is 207 Å². The fraction of sp³-hybridized carbons (Fsp3) is 0.0800. The number of thioether (sulfide) groups is 1. The van der Waals surface area contributed by atoms with Gasteiger partial charge in [0.2, 0.25) is 0 Å². The number of rotatable bonds is 6. The van der Waals surface area contributed by atoms with Gasteiger partial charge < -0.3 is 9.84 Å². The fourth-order valence-electron chi connectivity index (χ4n) is 3.09. The summed E-state index contributed by atoms with van der Waals surface area (Å²) in [7, 11) is 1.63. The molecule has 0 atom stereocenters. The number of hydrogen-bond acceptors (Lipinski definition) is 5. The molecular formula is C25H18BrFN2O4S. The lowest BCUT2D eigenvalue weighted by Gasteiger charge is -2.10. The zero-order valence-electron chi connectivity index (χ0n) is 17.9. The molecule has 3 aromatic carbocycles. The maximum absolute atomic E-state index is 13.1. The van der Waals surface area contributed by atoms with Crippen LogP contribution in [0.15, 0.2) is 81.1 Å². The second-order valence-corrected chi connectivity index (χ2v) is 9.24. The molecule has 3 aromatic rings. The number of hydrogen-bond donors (Lipinski definition) is 1. The highest BCUT2D eigenvalue weighted by molar-refractivity contribution is 9.10. The molecule has 1 N–H and O–H groups in total. The number of carboxylic acids is 1. The summed E-state index contributed by atoms with van der Waals surface area (Å²) >= 11 is 4.67. The molecule has 1 saturated heterocycles. The zero-order chi connectivity index (χ0) is 24.2. The van der Waals surface area contributed by atoms with Gasteiger partial charge in [0, 0.05) is 17.1 Å². The Morgan fingerprint density at radius 1 is 1.15 bits per heavy atom. The van der Waals surface area contributed by atoms with Gasteiger partial charge in [-0.25, -0.2) is 14.2 Å². The molecule has 0 aromatic heterocycles. The number of likely N-dealkylation sites (N-methyl/N-ethyl adjacent to an activating group) is 1.